The molecule has 0 saturated carbocycles. The smallest absolute Gasteiger partial charge is 0.136 e. The fourth-order valence-electron chi connectivity index (χ4n) is 0.997. The molecule has 0 N–H and O–H groups in total. The third kappa shape index (κ3) is 2.50. The minimum atomic E-state index is 0.140. The number of benzene rings is 1. The molecule has 1 aromatic carbocycles. The van der Waals surface area contributed by atoms with Gasteiger partial charge in [-0.25, -0.2) is 0 Å². The highest BCUT2D eigenvalue weighted by atomic mass is 79.9. The molecule has 1 nitrogen and oxygen atoms in total. The van der Waals surface area contributed by atoms with Gasteiger partial charge in [-0.05, 0) is 41.9 Å². The van der Waals surface area contributed by atoms with Crippen LogP contribution in [0.1, 0.15) is 19.4 Å². The summed E-state index contributed by atoms with van der Waals surface area (Å²) >= 11 is 3.37. The van der Waals surface area contributed by atoms with Crippen LogP contribution < -0.4 is 4.74 Å². The molecule has 0 atom stereocenters. The van der Waals surface area contributed by atoms with Gasteiger partial charge in [0.15, 0.2) is 0 Å². The Hall–Kier alpha value is -0.940. The van der Waals surface area contributed by atoms with Crippen LogP contribution in [0.5, 0.6) is 5.75 Å². The van der Waals surface area contributed by atoms with Gasteiger partial charge in [0.25, 0.3) is 0 Å². The van der Waals surface area contributed by atoms with Crippen LogP contribution in [-0.2, 0) is 0 Å². The molecular weight excluding hydrogens is 228 g/mol. The molecule has 0 heterocycles. The lowest BCUT2D eigenvalue weighted by Crippen LogP contribution is -2.06. The first-order chi connectivity index (χ1) is 6.15. The molecule has 1 rings (SSSR count). The third-order valence-corrected chi connectivity index (χ3v) is 2.14. The van der Waals surface area contributed by atoms with Crippen LogP contribution in [0.15, 0.2) is 22.7 Å². The normalized spacial score (nSPS) is 9.77. The molecule has 2 heteroatoms. The highest BCUT2D eigenvalue weighted by Gasteiger charge is 2.05. The van der Waals surface area contributed by atoms with Crippen molar-refractivity contribution in [1.82, 2.24) is 0 Å². The molecule has 0 bridgehead atoms. The van der Waals surface area contributed by atoms with Crippen molar-refractivity contribution in [3.63, 3.8) is 0 Å². The van der Waals surface area contributed by atoms with Crippen LogP contribution in [0.3, 0.4) is 0 Å². The highest BCUT2D eigenvalue weighted by molar-refractivity contribution is 9.10. The van der Waals surface area contributed by atoms with Gasteiger partial charge in [-0.15, -0.1) is 6.42 Å². The molecule has 0 aliphatic heterocycles. The Morgan fingerprint density at radius 1 is 1.46 bits per heavy atom. The van der Waals surface area contributed by atoms with E-state index in [1.165, 1.54) is 0 Å². The van der Waals surface area contributed by atoms with E-state index in [0.29, 0.717) is 0 Å². The second kappa shape index (κ2) is 4.34. The summed E-state index contributed by atoms with van der Waals surface area (Å²) in [6.07, 6.45) is 5.51. The van der Waals surface area contributed by atoms with E-state index in [0.717, 1.165) is 15.8 Å². The van der Waals surface area contributed by atoms with Crippen molar-refractivity contribution in [2.75, 3.05) is 0 Å². The van der Waals surface area contributed by atoms with E-state index in [1.54, 1.807) is 0 Å². The topological polar surface area (TPSA) is 9.23 Å². The summed E-state index contributed by atoms with van der Waals surface area (Å²) in [5, 5.41) is 0. The first-order valence-electron chi connectivity index (χ1n) is 4.07. The standard InChI is InChI=1S/C11H11BrO/c1-4-9-10(12)6-5-7-11(9)13-8(2)3/h1,5-8H,2-3H3. The van der Waals surface area contributed by atoms with Gasteiger partial charge in [-0.1, -0.05) is 12.0 Å². The zero-order valence-corrected chi connectivity index (χ0v) is 9.26. The Morgan fingerprint density at radius 2 is 2.15 bits per heavy atom. The molecule has 0 fully saturated rings. The van der Waals surface area contributed by atoms with Gasteiger partial charge >= 0.3 is 0 Å². The maximum atomic E-state index is 5.54. The molecule has 68 valence electrons. The second-order valence-corrected chi connectivity index (χ2v) is 3.78. The summed E-state index contributed by atoms with van der Waals surface area (Å²) in [5.41, 5.74) is 0.774. The molecule has 0 aromatic heterocycles. The average Bonchev–Trinajstić information content (AvgIpc) is 2.03. The lowest BCUT2D eigenvalue weighted by Gasteiger charge is -2.12. The molecule has 13 heavy (non-hydrogen) atoms. The summed E-state index contributed by atoms with van der Waals surface area (Å²) in [6.45, 7) is 3.95. The number of ether oxygens (including phenoxy) is 1. The van der Waals surface area contributed by atoms with Crippen molar-refractivity contribution in [1.29, 1.82) is 0 Å². The van der Waals surface area contributed by atoms with Crippen molar-refractivity contribution in [3.05, 3.63) is 28.2 Å². The number of hydrogen-bond acceptors (Lipinski definition) is 1. The first kappa shape index (κ1) is 10.1. The fraction of sp³-hybridized carbons (Fsp3) is 0.273. The van der Waals surface area contributed by atoms with Gasteiger partial charge in [0.05, 0.1) is 11.7 Å². The van der Waals surface area contributed by atoms with E-state index in [-0.39, 0.29) is 6.10 Å². The first-order valence-corrected chi connectivity index (χ1v) is 4.86. The zero-order chi connectivity index (χ0) is 9.84. The SMILES string of the molecule is C#Cc1c(Br)cccc1OC(C)C. The van der Waals surface area contributed by atoms with Crippen LogP contribution in [0.25, 0.3) is 0 Å². The minimum absolute atomic E-state index is 0.140. The van der Waals surface area contributed by atoms with Gasteiger partial charge in [0.2, 0.25) is 0 Å². The number of terminal acetylenes is 1. The quantitative estimate of drug-likeness (QED) is 0.720. The predicted molar refractivity (Wildman–Crippen MR) is 57.8 cm³/mol. The molecule has 1 aromatic rings. The lowest BCUT2D eigenvalue weighted by molar-refractivity contribution is 0.241. The van der Waals surface area contributed by atoms with Gasteiger partial charge in [-0.3, -0.25) is 0 Å². The van der Waals surface area contributed by atoms with Crippen LogP contribution >= 0.6 is 15.9 Å². The Kier molecular flexibility index (Phi) is 3.39. The van der Waals surface area contributed by atoms with Crippen molar-refractivity contribution in [3.8, 4) is 18.1 Å². The lowest BCUT2D eigenvalue weighted by atomic mass is 10.2. The Bertz CT molecular complexity index is 336. The van der Waals surface area contributed by atoms with Crippen LogP contribution in [-0.4, -0.2) is 6.10 Å². The van der Waals surface area contributed by atoms with E-state index in [4.69, 9.17) is 11.2 Å². The summed E-state index contributed by atoms with van der Waals surface area (Å²) in [5.74, 6) is 3.35. The molecule has 0 aliphatic rings. The maximum absolute atomic E-state index is 5.54. The van der Waals surface area contributed by atoms with E-state index >= 15 is 0 Å². The zero-order valence-electron chi connectivity index (χ0n) is 7.67. The summed E-state index contributed by atoms with van der Waals surface area (Å²) in [7, 11) is 0. The van der Waals surface area contributed by atoms with E-state index in [9.17, 15) is 0 Å². The van der Waals surface area contributed by atoms with Crippen LogP contribution in [0.4, 0.5) is 0 Å². The molecule has 0 unspecified atom stereocenters. The van der Waals surface area contributed by atoms with Crippen molar-refractivity contribution >= 4 is 15.9 Å². The predicted octanol–water partition coefficient (Wildman–Crippen LogP) is 3.22. The second-order valence-electron chi connectivity index (χ2n) is 2.92. The van der Waals surface area contributed by atoms with E-state index in [1.807, 2.05) is 32.0 Å². The Labute approximate surface area is 87.2 Å². The van der Waals surface area contributed by atoms with E-state index in [2.05, 4.69) is 21.9 Å². The van der Waals surface area contributed by atoms with Crippen molar-refractivity contribution < 1.29 is 4.74 Å². The van der Waals surface area contributed by atoms with Crippen LogP contribution in [0.2, 0.25) is 0 Å². The fourth-order valence-corrected chi connectivity index (χ4v) is 1.46. The average molecular weight is 239 g/mol. The van der Waals surface area contributed by atoms with Crippen molar-refractivity contribution in [2.45, 2.75) is 20.0 Å². The number of hydrogen-bond donors (Lipinski definition) is 0. The largest absolute Gasteiger partial charge is 0.490 e. The monoisotopic (exact) mass is 238 g/mol. The van der Waals surface area contributed by atoms with Gasteiger partial charge in [-0.2, -0.15) is 0 Å². The molecule has 0 aliphatic carbocycles. The van der Waals surface area contributed by atoms with Crippen LogP contribution in [0, 0.1) is 12.3 Å². The maximum Gasteiger partial charge on any atom is 0.136 e. The number of halogens is 1. The Morgan fingerprint density at radius 3 is 2.69 bits per heavy atom. The summed E-state index contributed by atoms with van der Waals surface area (Å²) in [6, 6.07) is 5.69. The molecule has 0 spiro atoms. The molecule has 0 amide bonds. The molecular formula is C11H11BrO. The Balaban J connectivity index is 3.07. The minimum Gasteiger partial charge on any atom is -0.490 e. The summed E-state index contributed by atoms with van der Waals surface area (Å²) in [4.78, 5) is 0. The van der Waals surface area contributed by atoms with Gasteiger partial charge < -0.3 is 4.74 Å². The molecule has 0 radical (unpaired) electrons. The van der Waals surface area contributed by atoms with Gasteiger partial charge in [0.1, 0.15) is 5.75 Å². The highest BCUT2D eigenvalue weighted by Crippen LogP contribution is 2.26. The van der Waals surface area contributed by atoms with Crippen molar-refractivity contribution in [2.24, 2.45) is 0 Å². The summed E-state index contributed by atoms with van der Waals surface area (Å²) < 4.78 is 6.44. The third-order valence-electron chi connectivity index (χ3n) is 1.48. The van der Waals surface area contributed by atoms with Gasteiger partial charge in [0, 0.05) is 4.47 Å². The number of rotatable bonds is 2. The molecule has 0 saturated heterocycles. The van der Waals surface area contributed by atoms with E-state index < -0.39 is 0 Å².